The van der Waals surface area contributed by atoms with Crippen molar-refractivity contribution in [1.29, 1.82) is 0 Å². The van der Waals surface area contributed by atoms with Crippen molar-refractivity contribution in [3.63, 3.8) is 0 Å². The third-order valence-corrected chi connectivity index (χ3v) is 8.07. The van der Waals surface area contributed by atoms with E-state index in [1.165, 1.54) is 29.6 Å². The molecule has 3 N–H and O–H groups in total. The number of ether oxygens (including phenoxy) is 1. The molecule has 0 amide bonds. The third-order valence-electron chi connectivity index (χ3n) is 8.07. The van der Waals surface area contributed by atoms with Gasteiger partial charge in [-0.15, -0.1) is 0 Å². The molecule has 1 aromatic rings. The van der Waals surface area contributed by atoms with Crippen LogP contribution in [0.4, 0.5) is 0 Å². The number of aromatic hydroxyl groups is 1. The van der Waals surface area contributed by atoms with Gasteiger partial charge in [0, 0.05) is 17.7 Å². The molecule has 0 aliphatic carbocycles. The molecule has 2 aliphatic heterocycles. The summed E-state index contributed by atoms with van der Waals surface area (Å²) in [4.78, 5) is 2.45. The lowest BCUT2D eigenvalue weighted by atomic mass is 9.85. The first-order valence-electron chi connectivity index (χ1n) is 14.2. The standard InChI is InChI=1S/C32H49NO4/c1-24(12-8-14-27(22-34)23-35)10-7-11-25(2)13-9-16-32(4)17-15-28-29(21-33-18-5-6-19-33)30(36)20-26(3)31(28)37-32/h10,13-14,20,34-36H,5-9,11-12,15-19,21-23H2,1-4H3/b24-10+,25-13+/t32-/m1/s1. The zero-order valence-electron chi connectivity index (χ0n) is 23.6. The number of allylic oxidation sites excluding steroid dienone is 5. The molecule has 0 spiro atoms. The topological polar surface area (TPSA) is 73.2 Å². The maximum Gasteiger partial charge on any atom is 0.126 e. The molecule has 0 aromatic heterocycles. The lowest BCUT2D eigenvalue weighted by Crippen LogP contribution is -2.37. The minimum Gasteiger partial charge on any atom is -0.508 e. The minimum absolute atomic E-state index is 0.0666. The second-order valence-electron chi connectivity index (χ2n) is 11.4. The number of aliphatic hydroxyl groups is 2. The van der Waals surface area contributed by atoms with Crippen LogP contribution in [0, 0.1) is 6.92 Å². The Morgan fingerprint density at radius 1 is 1.00 bits per heavy atom. The summed E-state index contributed by atoms with van der Waals surface area (Å²) in [6, 6.07) is 1.89. The number of fused-ring (bicyclic) bond motifs is 1. The maximum absolute atomic E-state index is 10.7. The van der Waals surface area contributed by atoms with E-state index in [-0.39, 0.29) is 18.8 Å². The van der Waals surface area contributed by atoms with Crippen LogP contribution in [-0.2, 0) is 13.0 Å². The molecule has 3 rings (SSSR count). The lowest BCUT2D eigenvalue weighted by molar-refractivity contribution is 0.0556. The molecular weight excluding hydrogens is 462 g/mol. The molecular formula is C32H49NO4. The number of phenols is 1. The Balaban J connectivity index is 1.50. The van der Waals surface area contributed by atoms with Gasteiger partial charge in [-0.25, -0.2) is 0 Å². The van der Waals surface area contributed by atoms with Crippen LogP contribution in [-0.4, -0.2) is 52.1 Å². The third kappa shape index (κ3) is 8.73. The fourth-order valence-electron chi connectivity index (χ4n) is 5.55. The van der Waals surface area contributed by atoms with Gasteiger partial charge in [-0.1, -0.05) is 29.4 Å². The fourth-order valence-corrected chi connectivity index (χ4v) is 5.55. The van der Waals surface area contributed by atoms with Crippen LogP contribution in [0.2, 0.25) is 0 Å². The number of hydrogen-bond donors (Lipinski definition) is 3. The van der Waals surface area contributed by atoms with E-state index < -0.39 is 0 Å². The average molecular weight is 512 g/mol. The van der Waals surface area contributed by atoms with Crippen LogP contribution < -0.4 is 4.74 Å². The van der Waals surface area contributed by atoms with Gasteiger partial charge in [-0.2, -0.15) is 0 Å². The van der Waals surface area contributed by atoms with Crippen molar-refractivity contribution in [1.82, 2.24) is 4.90 Å². The number of phenolic OH excluding ortho intramolecular Hbond substituents is 1. The summed E-state index contributed by atoms with van der Waals surface area (Å²) >= 11 is 0. The molecule has 2 heterocycles. The van der Waals surface area contributed by atoms with Crippen LogP contribution in [0.5, 0.6) is 11.5 Å². The highest BCUT2D eigenvalue weighted by atomic mass is 16.5. The quantitative estimate of drug-likeness (QED) is 0.263. The van der Waals surface area contributed by atoms with E-state index in [4.69, 9.17) is 14.9 Å². The molecule has 1 fully saturated rings. The molecule has 1 aromatic carbocycles. The molecule has 5 nitrogen and oxygen atoms in total. The van der Waals surface area contributed by atoms with Gasteiger partial charge >= 0.3 is 0 Å². The molecule has 37 heavy (non-hydrogen) atoms. The summed E-state index contributed by atoms with van der Waals surface area (Å²) in [5.41, 5.74) is 6.62. The molecule has 0 saturated carbocycles. The molecule has 1 saturated heterocycles. The fraction of sp³-hybridized carbons (Fsp3) is 0.625. The highest BCUT2D eigenvalue weighted by Crippen LogP contribution is 2.43. The van der Waals surface area contributed by atoms with Crippen molar-refractivity contribution in [2.45, 2.75) is 104 Å². The van der Waals surface area contributed by atoms with Crippen molar-refractivity contribution in [3.8, 4) is 11.5 Å². The van der Waals surface area contributed by atoms with Crippen LogP contribution in [0.15, 0.2) is 41.0 Å². The van der Waals surface area contributed by atoms with Gasteiger partial charge in [0.1, 0.15) is 17.1 Å². The Morgan fingerprint density at radius 2 is 1.62 bits per heavy atom. The first-order chi connectivity index (χ1) is 17.7. The molecule has 2 aliphatic rings. The van der Waals surface area contributed by atoms with E-state index in [0.29, 0.717) is 11.3 Å². The summed E-state index contributed by atoms with van der Waals surface area (Å²) in [6.07, 6.45) is 17.0. The summed E-state index contributed by atoms with van der Waals surface area (Å²) < 4.78 is 6.67. The number of aryl methyl sites for hydroxylation is 1. The van der Waals surface area contributed by atoms with E-state index in [9.17, 15) is 5.11 Å². The summed E-state index contributed by atoms with van der Waals surface area (Å²) in [5, 5.41) is 29.0. The SMILES string of the molecule is C/C(=C\CC/C(C)=C/CC[C@]1(C)CCc2c(CN3CCCC3)c(O)cc(C)c2O1)CCC=C(CO)CO. The highest BCUT2D eigenvalue weighted by Gasteiger charge is 2.34. The van der Waals surface area contributed by atoms with Crippen LogP contribution >= 0.6 is 0 Å². The smallest absolute Gasteiger partial charge is 0.126 e. The van der Waals surface area contributed by atoms with Crippen LogP contribution in [0.1, 0.15) is 95.2 Å². The first kappa shape index (κ1) is 29.5. The van der Waals surface area contributed by atoms with E-state index >= 15 is 0 Å². The monoisotopic (exact) mass is 511 g/mol. The van der Waals surface area contributed by atoms with Gasteiger partial charge in [-0.3, -0.25) is 4.90 Å². The van der Waals surface area contributed by atoms with Gasteiger partial charge < -0.3 is 20.1 Å². The van der Waals surface area contributed by atoms with E-state index in [1.807, 2.05) is 12.1 Å². The van der Waals surface area contributed by atoms with Crippen LogP contribution in [0.25, 0.3) is 0 Å². The summed E-state index contributed by atoms with van der Waals surface area (Å²) in [6.45, 7) is 11.6. The molecule has 206 valence electrons. The average Bonchev–Trinajstić information content (AvgIpc) is 3.38. The van der Waals surface area contributed by atoms with Gasteiger partial charge in [0.2, 0.25) is 0 Å². The number of nitrogens with zero attached hydrogens (tertiary/aromatic N) is 1. The van der Waals surface area contributed by atoms with Crippen molar-refractivity contribution >= 4 is 0 Å². The van der Waals surface area contributed by atoms with Crippen molar-refractivity contribution < 1.29 is 20.1 Å². The lowest BCUT2D eigenvalue weighted by Gasteiger charge is -2.38. The van der Waals surface area contributed by atoms with Crippen molar-refractivity contribution in [2.75, 3.05) is 26.3 Å². The number of aliphatic hydroxyl groups excluding tert-OH is 2. The summed E-state index contributed by atoms with van der Waals surface area (Å²) in [5.74, 6) is 1.43. The number of rotatable bonds is 13. The zero-order valence-corrected chi connectivity index (χ0v) is 23.6. The molecule has 0 bridgehead atoms. The number of likely N-dealkylation sites (tertiary alicyclic amines) is 1. The Kier molecular flexibility index (Phi) is 11.3. The Bertz CT molecular complexity index is 981. The molecule has 1 atom stereocenters. The molecule has 5 heteroatoms. The largest absolute Gasteiger partial charge is 0.508 e. The predicted octanol–water partition coefficient (Wildman–Crippen LogP) is 6.52. The van der Waals surface area contributed by atoms with E-state index in [1.54, 1.807) is 0 Å². The zero-order chi connectivity index (χ0) is 26.8. The molecule has 0 radical (unpaired) electrons. The van der Waals surface area contributed by atoms with Crippen LogP contribution in [0.3, 0.4) is 0 Å². The minimum atomic E-state index is -0.178. The predicted molar refractivity (Wildman–Crippen MR) is 152 cm³/mol. The Morgan fingerprint density at radius 3 is 2.27 bits per heavy atom. The normalized spacial score (nSPS) is 20.6. The second kappa shape index (κ2) is 14.2. The van der Waals surface area contributed by atoms with Crippen molar-refractivity contribution in [3.05, 3.63) is 57.7 Å². The van der Waals surface area contributed by atoms with E-state index in [0.717, 1.165) is 87.9 Å². The first-order valence-corrected chi connectivity index (χ1v) is 14.2. The van der Waals surface area contributed by atoms with Gasteiger partial charge in [0.05, 0.1) is 13.2 Å². The van der Waals surface area contributed by atoms with Gasteiger partial charge in [0.15, 0.2) is 0 Å². The Hall–Kier alpha value is -2.08. The second-order valence-corrected chi connectivity index (χ2v) is 11.4. The highest BCUT2D eigenvalue weighted by molar-refractivity contribution is 5.54. The van der Waals surface area contributed by atoms with E-state index in [2.05, 4.69) is 44.7 Å². The Labute approximate surface area is 224 Å². The maximum atomic E-state index is 10.7. The van der Waals surface area contributed by atoms with Crippen molar-refractivity contribution in [2.24, 2.45) is 0 Å². The number of benzene rings is 1. The van der Waals surface area contributed by atoms with Gasteiger partial charge in [-0.05, 0) is 122 Å². The number of hydrogen-bond acceptors (Lipinski definition) is 5. The summed E-state index contributed by atoms with van der Waals surface area (Å²) in [7, 11) is 0. The molecule has 0 unspecified atom stereocenters. The van der Waals surface area contributed by atoms with Gasteiger partial charge in [0.25, 0.3) is 0 Å².